The summed E-state index contributed by atoms with van der Waals surface area (Å²) in [7, 11) is 0. The van der Waals surface area contributed by atoms with Gasteiger partial charge in [0, 0.05) is 17.0 Å². The molecular weight excluding hydrogens is 234 g/mol. The van der Waals surface area contributed by atoms with Gasteiger partial charge in [0.05, 0.1) is 0 Å². The molecule has 2 aromatic rings. The number of fused-ring (bicyclic) bond motifs is 1. The van der Waals surface area contributed by atoms with Gasteiger partial charge in [-0.15, -0.1) is 0 Å². The van der Waals surface area contributed by atoms with Crippen LogP contribution in [0.25, 0.3) is 16.5 Å². The van der Waals surface area contributed by atoms with Crippen LogP contribution in [0.1, 0.15) is 44.7 Å². The molecule has 0 spiro atoms. The van der Waals surface area contributed by atoms with Crippen LogP contribution in [0.5, 0.6) is 0 Å². The first-order valence-electron chi connectivity index (χ1n) is 6.76. The van der Waals surface area contributed by atoms with Crippen molar-refractivity contribution in [1.29, 1.82) is 0 Å². The Morgan fingerprint density at radius 2 is 1.84 bits per heavy atom. The molecule has 2 heteroatoms. The Balaban J connectivity index is 2.71. The highest BCUT2D eigenvalue weighted by atomic mass is 16.1. The standard InChI is InChI=1S/C17H21NO/c1-10(2)12(5)13-6-7-16-15(8-13)14(11(3)4)9-17(19)18-16/h6-11H,5H2,1-4H3,(H,18,19). The van der Waals surface area contributed by atoms with Crippen LogP contribution in [-0.4, -0.2) is 4.98 Å². The second kappa shape index (κ2) is 5.04. The third kappa shape index (κ3) is 2.62. The molecule has 0 fully saturated rings. The van der Waals surface area contributed by atoms with Crippen LogP contribution in [-0.2, 0) is 0 Å². The van der Waals surface area contributed by atoms with E-state index < -0.39 is 0 Å². The molecule has 0 atom stereocenters. The minimum atomic E-state index is -0.0355. The molecule has 0 saturated carbocycles. The molecule has 0 bridgehead atoms. The predicted molar refractivity (Wildman–Crippen MR) is 82.5 cm³/mol. The molecule has 0 saturated heterocycles. The third-order valence-electron chi connectivity index (χ3n) is 3.56. The first-order valence-corrected chi connectivity index (χ1v) is 6.76. The van der Waals surface area contributed by atoms with Crippen molar-refractivity contribution in [3.63, 3.8) is 0 Å². The highest BCUT2D eigenvalue weighted by Gasteiger charge is 2.10. The highest BCUT2D eigenvalue weighted by molar-refractivity contribution is 5.86. The Kier molecular flexibility index (Phi) is 3.61. The molecule has 100 valence electrons. The van der Waals surface area contributed by atoms with Crippen LogP contribution in [0.2, 0.25) is 0 Å². The molecule has 1 heterocycles. The summed E-state index contributed by atoms with van der Waals surface area (Å²) in [5.74, 6) is 0.745. The number of pyridine rings is 1. The van der Waals surface area contributed by atoms with Crippen molar-refractivity contribution in [3.05, 3.63) is 52.3 Å². The summed E-state index contributed by atoms with van der Waals surface area (Å²) in [6, 6.07) is 7.86. The summed E-state index contributed by atoms with van der Waals surface area (Å²) in [5, 5.41) is 1.12. The number of hydrogen-bond donors (Lipinski definition) is 1. The second-order valence-corrected chi connectivity index (χ2v) is 5.68. The van der Waals surface area contributed by atoms with E-state index >= 15 is 0 Å². The van der Waals surface area contributed by atoms with Crippen molar-refractivity contribution < 1.29 is 0 Å². The number of benzene rings is 1. The van der Waals surface area contributed by atoms with Crippen molar-refractivity contribution in [2.24, 2.45) is 5.92 Å². The first-order chi connectivity index (χ1) is 8.90. The minimum Gasteiger partial charge on any atom is -0.322 e. The van der Waals surface area contributed by atoms with E-state index in [1.54, 1.807) is 6.07 Å². The topological polar surface area (TPSA) is 32.9 Å². The maximum atomic E-state index is 11.7. The van der Waals surface area contributed by atoms with Crippen LogP contribution in [0.4, 0.5) is 0 Å². The molecule has 0 radical (unpaired) electrons. The molecule has 2 rings (SSSR count). The maximum absolute atomic E-state index is 11.7. The van der Waals surface area contributed by atoms with Crippen LogP contribution in [0, 0.1) is 5.92 Å². The van der Waals surface area contributed by atoms with Gasteiger partial charge in [-0.2, -0.15) is 0 Å². The highest BCUT2D eigenvalue weighted by Crippen LogP contribution is 2.28. The molecular formula is C17H21NO. The molecule has 0 amide bonds. The number of allylic oxidation sites excluding steroid dienone is 1. The van der Waals surface area contributed by atoms with Gasteiger partial charge in [-0.3, -0.25) is 4.79 Å². The first kappa shape index (κ1) is 13.6. The van der Waals surface area contributed by atoms with Crippen molar-refractivity contribution in [1.82, 2.24) is 4.98 Å². The average Bonchev–Trinajstić information content (AvgIpc) is 2.36. The van der Waals surface area contributed by atoms with Gasteiger partial charge in [-0.1, -0.05) is 40.3 Å². The number of nitrogens with one attached hydrogen (secondary N) is 1. The molecule has 1 aromatic carbocycles. The van der Waals surface area contributed by atoms with Crippen LogP contribution in [0.3, 0.4) is 0 Å². The average molecular weight is 255 g/mol. The summed E-state index contributed by atoms with van der Waals surface area (Å²) in [6.45, 7) is 12.7. The van der Waals surface area contributed by atoms with Gasteiger partial charge in [-0.25, -0.2) is 0 Å². The number of aromatic amines is 1. The molecule has 0 aliphatic rings. The van der Waals surface area contributed by atoms with E-state index in [4.69, 9.17) is 0 Å². The lowest BCUT2D eigenvalue weighted by Crippen LogP contribution is -2.07. The number of hydrogen-bond acceptors (Lipinski definition) is 1. The van der Waals surface area contributed by atoms with Gasteiger partial charge in [0.2, 0.25) is 5.56 Å². The Morgan fingerprint density at radius 1 is 1.16 bits per heavy atom. The molecule has 1 aromatic heterocycles. The van der Waals surface area contributed by atoms with Crippen molar-refractivity contribution in [3.8, 4) is 0 Å². The van der Waals surface area contributed by atoms with Crippen molar-refractivity contribution >= 4 is 16.5 Å². The fourth-order valence-corrected chi connectivity index (χ4v) is 2.29. The van der Waals surface area contributed by atoms with Gasteiger partial charge in [0.25, 0.3) is 0 Å². The molecule has 19 heavy (non-hydrogen) atoms. The normalized spacial score (nSPS) is 11.5. The monoisotopic (exact) mass is 255 g/mol. The van der Waals surface area contributed by atoms with Crippen LogP contribution in [0.15, 0.2) is 35.6 Å². The van der Waals surface area contributed by atoms with Gasteiger partial charge >= 0.3 is 0 Å². The number of aromatic nitrogens is 1. The van der Waals surface area contributed by atoms with E-state index in [0.717, 1.165) is 27.6 Å². The Morgan fingerprint density at radius 3 is 2.42 bits per heavy atom. The van der Waals surface area contributed by atoms with E-state index in [1.165, 1.54) is 0 Å². The van der Waals surface area contributed by atoms with Gasteiger partial charge < -0.3 is 4.98 Å². The Hall–Kier alpha value is -1.83. The summed E-state index contributed by atoms with van der Waals surface area (Å²) >= 11 is 0. The Bertz CT molecular complexity index is 677. The van der Waals surface area contributed by atoms with E-state index in [0.29, 0.717) is 11.8 Å². The van der Waals surface area contributed by atoms with E-state index in [9.17, 15) is 4.79 Å². The molecule has 0 aliphatic carbocycles. The quantitative estimate of drug-likeness (QED) is 0.870. The maximum Gasteiger partial charge on any atom is 0.248 e. The fourth-order valence-electron chi connectivity index (χ4n) is 2.29. The summed E-state index contributed by atoms with van der Waals surface area (Å²) in [5.41, 5.74) is 4.24. The largest absolute Gasteiger partial charge is 0.322 e. The number of rotatable bonds is 3. The van der Waals surface area contributed by atoms with E-state index in [-0.39, 0.29) is 5.56 Å². The fraction of sp³-hybridized carbons (Fsp3) is 0.353. The molecule has 0 aliphatic heterocycles. The number of H-pyrrole nitrogens is 1. The van der Waals surface area contributed by atoms with Crippen molar-refractivity contribution in [2.75, 3.05) is 0 Å². The zero-order valence-corrected chi connectivity index (χ0v) is 12.1. The van der Waals surface area contributed by atoms with E-state index in [1.807, 2.05) is 12.1 Å². The van der Waals surface area contributed by atoms with Gasteiger partial charge in [0.1, 0.15) is 0 Å². The predicted octanol–water partition coefficient (Wildman–Crippen LogP) is 4.32. The lowest BCUT2D eigenvalue weighted by atomic mass is 9.92. The summed E-state index contributed by atoms with van der Waals surface area (Å²) in [4.78, 5) is 14.6. The van der Waals surface area contributed by atoms with Gasteiger partial charge in [-0.05, 0) is 40.7 Å². The van der Waals surface area contributed by atoms with E-state index in [2.05, 4.69) is 45.3 Å². The van der Waals surface area contributed by atoms with Crippen LogP contribution >= 0.6 is 0 Å². The van der Waals surface area contributed by atoms with Gasteiger partial charge in [0.15, 0.2) is 0 Å². The molecule has 2 nitrogen and oxygen atoms in total. The Labute approximate surface area is 114 Å². The molecule has 1 N–H and O–H groups in total. The SMILES string of the molecule is C=C(c1ccc2[nH]c(=O)cc(C(C)C)c2c1)C(C)C. The zero-order valence-electron chi connectivity index (χ0n) is 12.1. The second-order valence-electron chi connectivity index (χ2n) is 5.68. The third-order valence-corrected chi connectivity index (χ3v) is 3.56. The lowest BCUT2D eigenvalue weighted by molar-refractivity contribution is 0.857. The zero-order chi connectivity index (χ0) is 14.2. The smallest absolute Gasteiger partial charge is 0.248 e. The van der Waals surface area contributed by atoms with Crippen molar-refractivity contribution in [2.45, 2.75) is 33.6 Å². The van der Waals surface area contributed by atoms with Crippen LogP contribution < -0.4 is 5.56 Å². The minimum absolute atomic E-state index is 0.0355. The summed E-state index contributed by atoms with van der Waals surface area (Å²) in [6.07, 6.45) is 0. The molecule has 0 unspecified atom stereocenters. The lowest BCUT2D eigenvalue weighted by Gasteiger charge is -2.14. The summed E-state index contributed by atoms with van der Waals surface area (Å²) < 4.78 is 0.